The minimum Gasteiger partial charge on any atom is -0.482 e. The zero-order valence-electron chi connectivity index (χ0n) is 16.7. The summed E-state index contributed by atoms with van der Waals surface area (Å²) in [6.07, 6.45) is -0.618. The summed E-state index contributed by atoms with van der Waals surface area (Å²) in [7, 11) is -3.44. The molecule has 0 bridgehead atoms. The third-order valence-corrected chi connectivity index (χ3v) is 6.33. The highest BCUT2D eigenvalue weighted by Gasteiger charge is 2.33. The van der Waals surface area contributed by atoms with Crippen LogP contribution in [0.3, 0.4) is 0 Å². The van der Waals surface area contributed by atoms with Crippen LogP contribution in [0.15, 0.2) is 48.5 Å². The number of nitriles is 1. The molecule has 2 rings (SSSR count). The van der Waals surface area contributed by atoms with Crippen molar-refractivity contribution in [2.45, 2.75) is 32.7 Å². The summed E-state index contributed by atoms with van der Waals surface area (Å²) in [5.41, 5.74) is 0.865. The van der Waals surface area contributed by atoms with E-state index < -0.39 is 25.4 Å². The Balaban J connectivity index is 2.22. The van der Waals surface area contributed by atoms with E-state index in [0.717, 1.165) is 11.6 Å². The van der Waals surface area contributed by atoms with Crippen molar-refractivity contribution >= 4 is 7.60 Å². The monoisotopic (exact) mass is 421 g/mol. The first-order chi connectivity index (χ1) is 13.9. The van der Waals surface area contributed by atoms with E-state index in [0.29, 0.717) is 0 Å². The van der Waals surface area contributed by atoms with Crippen LogP contribution in [0.1, 0.15) is 38.0 Å². The van der Waals surface area contributed by atoms with E-state index in [9.17, 15) is 14.2 Å². The maximum Gasteiger partial charge on any atom is 0.358 e. The van der Waals surface area contributed by atoms with Crippen LogP contribution in [-0.2, 0) is 18.3 Å². The van der Waals surface area contributed by atoms with Crippen LogP contribution in [0.25, 0.3) is 0 Å². The molecule has 0 fully saturated rings. The Morgan fingerprint density at radius 1 is 1.10 bits per heavy atom. The molecule has 0 saturated carbocycles. The summed E-state index contributed by atoms with van der Waals surface area (Å²) in [6, 6.07) is 14.9. The molecule has 0 spiro atoms. The number of hydrogen-bond acceptors (Lipinski definition) is 6. The fourth-order valence-electron chi connectivity index (χ4n) is 2.64. The highest BCUT2D eigenvalue weighted by molar-refractivity contribution is 7.54. The Bertz CT molecular complexity index is 861. The van der Waals surface area contributed by atoms with Crippen molar-refractivity contribution in [1.29, 1.82) is 5.26 Å². The minimum absolute atomic E-state index is 0.0254. The highest BCUT2D eigenvalue weighted by Crippen LogP contribution is 2.53. The third-order valence-electron chi connectivity index (χ3n) is 4.05. The lowest BCUT2D eigenvalue weighted by Gasteiger charge is -2.26. The van der Waals surface area contributed by atoms with Gasteiger partial charge in [0, 0.05) is 0 Å². The standard InChI is InChI=1S/C21H25FNO5P/c1-4-26-29(24,27-5-2)16(3)25-15-21(17-9-7-6-8-10-17)28-20-12-11-19(22)13-18(20)14-23/h6-13,16,21H,4-5,15H2,1-3H3. The van der Waals surface area contributed by atoms with Crippen molar-refractivity contribution in [3.63, 3.8) is 0 Å². The summed E-state index contributed by atoms with van der Waals surface area (Å²) >= 11 is 0. The van der Waals surface area contributed by atoms with Gasteiger partial charge < -0.3 is 18.5 Å². The van der Waals surface area contributed by atoms with Crippen LogP contribution in [0.4, 0.5) is 4.39 Å². The van der Waals surface area contributed by atoms with E-state index >= 15 is 0 Å². The Morgan fingerprint density at radius 3 is 2.34 bits per heavy atom. The largest absolute Gasteiger partial charge is 0.482 e. The predicted molar refractivity (Wildman–Crippen MR) is 107 cm³/mol. The van der Waals surface area contributed by atoms with E-state index in [1.54, 1.807) is 20.8 Å². The van der Waals surface area contributed by atoms with Crippen molar-refractivity contribution in [1.82, 2.24) is 0 Å². The van der Waals surface area contributed by atoms with Crippen molar-refractivity contribution < 1.29 is 27.5 Å². The van der Waals surface area contributed by atoms with E-state index in [4.69, 9.17) is 18.5 Å². The summed E-state index contributed by atoms with van der Waals surface area (Å²) in [4.78, 5) is 0. The van der Waals surface area contributed by atoms with Gasteiger partial charge in [-0.1, -0.05) is 30.3 Å². The molecule has 0 heterocycles. The molecule has 0 radical (unpaired) electrons. The second-order valence-corrected chi connectivity index (χ2v) is 8.40. The van der Waals surface area contributed by atoms with Gasteiger partial charge in [0.25, 0.3) is 0 Å². The van der Waals surface area contributed by atoms with Crippen LogP contribution in [-0.4, -0.2) is 25.7 Å². The molecule has 0 aliphatic heterocycles. The van der Waals surface area contributed by atoms with Gasteiger partial charge in [0.05, 0.1) is 25.4 Å². The number of rotatable bonds is 11. The molecule has 0 N–H and O–H groups in total. The van der Waals surface area contributed by atoms with Crippen LogP contribution < -0.4 is 4.74 Å². The first-order valence-electron chi connectivity index (χ1n) is 9.35. The lowest BCUT2D eigenvalue weighted by molar-refractivity contribution is 0.0232. The van der Waals surface area contributed by atoms with Crippen LogP contribution in [0.2, 0.25) is 0 Å². The molecule has 2 aromatic carbocycles. The maximum absolute atomic E-state index is 13.4. The Morgan fingerprint density at radius 2 is 1.76 bits per heavy atom. The van der Waals surface area contributed by atoms with Gasteiger partial charge >= 0.3 is 7.60 Å². The number of hydrogen-bond donors (Lipinski definition) is 0. The lowest BCUT2D eigenvalue weighted by Crippen LogP contribution is -2.21. The molecule has 8 heteroatoms. The molecule has 6 nitrogen and oxygen atoms in total. The number of nitrogens with zero attached hydrogens (tertiary/aromatic N) is 1. The highest BCUT2D eigenvalue weighted by atomic mass is 31.2. The van der Waals surface area contributed by atoms with Gasteiger partial charge in [-0.2, -0.15) is 5.26 Å². The zero-order valence-corrected chi connectivity index (χ0v) is 17.6. The van der Waals surface area contributed by atoms with Gasteiger partial charge in [-0.3, -0.25) is 4.57 Å². The van der Waals surface area contributed by atoms with E-state index in [-0.39, 0.29) is 31.1 Å². The van der Waals surface area contributed by atoms with Gasteiger partial charge in [-0.15, -0.1) is 0 Å². The number of benzene rings is 2. The van der Waals surface area contributed by atoms with Crippen LogP contribution in [0.5, 0.6) is 5.75 Å². The zero-order chi connectivity index (χ0) is 21.3. The van der Waals surface area contributed by atoms with Gasteiger partial charge in [0.15, 0.2) is 5.85 Å². The Hall–Kier alpha value is -2.23. The minimum atomic E-state index is -3.44. The Kier molecular flexibility index (Phi) is 8.81. The normalized spacial score (nSPS) is 13.5. The van der Waals surface area contributed by atoms with Crippen molar-refractivity contribution in [3.05, 3.63) is 65.5 Å². The number of halogens is 1. The summed E-state index contributed by atoms with van der Waals surface area (Å²) in [5.74, 6) is -1.11. The fourth-order valence-corrected chi connectivity index (χ4v) is 4.12. The second kappa shape index (κ2) is 11.1. The molecule has 0 aliphatic rings. The smallest absolute Gasteiger partial charge is 0.358 e. The second-order valence-electron chi connectivity index (χ2n) is 6.08. The molecule has 0 amide bonds. The van der Waals surface area contributed by atoms with Crippen molar-refractivity contribution in [2.75, 3.05) is 19.8 Å². The molecule has 0 aliphatic carbocycles. The van der Waals surface area contributed by atoms with E-state index in [1.165, 1.54) is 12.1 Å². The molecular formula is C21H25FNO5P. The molecule has 0 saturated heterocycles. The predicted octanol–water partition coefficient (Wildman–Crippen LogP) is 5.45. The quantitative estimate of drug-likeness (QED) is 0.449. The molecule has 2 aromatic rings. The van der Waals surface area contributed by atoms with E-state index in [2.05, 4.69) is 0 Å². The topological polar surface area (TPSA) is 77.8 Å². The van der Waals surface area contributed by atoms with Crippen LogP contribution in [0, 0.1) is 17.1 Å². The van der Waals surface area contributed by atoms with Gasteiger partial charge in [-0.25, -0.2) is 4.39 Å². The average molecular weight is 421 g/mol. The summed E-state index contributed by atoms with van der Waals surface area (Å²) < 4.78 is 48.7. The van der Waals surface area contributed by atoms with Crippen LogP contribution >= 0.6 is 7.60 Å². The Labute approximate surface area is 170 Å². The molecule has 156 valence electrons. The van der Waals surface area contributed by atoms with Crippen molar-refractivity contribution in [3.8, 4) is 11.8 Å². The third kappa shape index (κ3) is 6.38. The molecule has 2 atom stereocenters. The van der Waals surface area contributed by atoms with Gasteiger partial charge in [0.2, 0.25) is 0 Å². The molecule has 29 heavy (non-hydrogen) atoms. The summed E-state index contributed by atoms with van der Waals surface area (Å²) in [6.45, 7) is 5.55. The molecule has 0 aromatic heterocycles. The van der Waals surface area contributed by atoms with E-state index in [1.807, 2.05) is 36.4 Å². The van der Waals surface area contributed by atoms with Gasteiger partial charge in [0.1, 0.15) is 23.7 Å². The maximum atomic E-state index is 13.4. The van der Waals surface area contributed by atoms with Crippen molar-refractivity contribution in [2.24, 2.45) is 0 Å². The van der Waals surface area contributed by atoms with Gasteiger partial charge in [-0.05, 0) is 44.5 Å². The SMILES string of the molecule is CCOP(=O)(OCC)C(C)OCC(Oc1ccc(F)cc1C#N)c1ccccc1. The fraction of sp³-hybridized carbons (Fsp3) is 0.381. The first-order valence-corrected chi connectivity index (χ1v) is 11.0. The molecule has 2 unspecified atom stereocenters. The number of ether oxygens (including phenoxy) is 2. The average Bonchev–Trinajstić information content (AvgIpc) is 2.72. The first kappa shape index (κ1) is 23.1. The molecular weight excluding hydrogens is 396 g/mol. The lowest BCUT2D eigenvalue weighted by atomic mass is 10.1. The summed E-state index contributed by atoms with van der Waals surface area (Å²) in [5, 5.41) is 9.27.